The molecule has 3 aliphatic rings. The van der Waals surface area contributed by atoms with E-state index < -0.39 is 0 Å². The van der Waals surface area contributed by atoms with Crippen LogP contribution in [0.5, 0.6) is 0 Å². The van der Waals surface area contributed by atoms with Gasteiger partial charge >= 0.3 is 0 Å². The number of rotatable bonds is 9. The van der Waals surface area contributed by atoms with E-state index in [1.807, 2.05) is 134 Å². The molecule has 105 heavy (non-hydrogen) atoms. The maximum Gasteiger partial charge on any atom is 0.136 e. The molecule has 0 aliphatic carbocycles. The minimum Gasteiger partial charge on any atom is -0.493 e. The Morgan fingerprint density at radius 2 is 0.543 bits per heavy atom. The Morgan fingerprint density at radius 1 is 0.238 bits per heavy atom. The van der Waals surface area contributed by atoms with Crippen LogP contribution in [0.2, 0.25) is 0 Å². The first-order valence-corrected chi connectivity index (χ1v) is 33.8. The summed E-state index contributed by atoms with van der Waals surface area (Å²) >= 11 is 0. The molecule has 513 valence electrons. The second-order valence-corrected chi connectivity index (χ2v) is 24.9. The van der Waals surface area contributed by atoms with Gasteiger partial charge in [0.1, 0.15) is 45.1 Å². The molecule has 0 atom stereocenters. The zero-order valence-electron chi connectivity index (χ0n) is 55.8. The summed E-state index contributed by atoms with van der Waals surface area (Å²) in [6, 6.07) is 120. The van der Waals surface area contributed by atoms with Gasteiger partial charge in [-0.3, -0.25) is 0 Å². The summed E-state index contributed by atoms with van der Waals surface area (Å²) in [6.45, 7) is 6.35. The van der Waals surface area contributed by atoms with Gasteiger partial charge in [-0.05, 0) is 108 Å². The SMILES string of the molecule is [Ir].[Ir].[Ir].[c-]1ccccc1N1[CH-]N(c2ccc3oc4ccccc4c3c2-c2ccccc2)c2ccccc21.[c-]1ccccc1N1[CH-]N(c2ccc3oc4ccccc4c3c2-c2ccccc2)c2cccnc21.[c-]1ccccc1N1[CH-]N(c2ccc3oc4ccccc4c3c2-c2ccccc2)c2ncccc21. The van der Waals surface area contributed by atoms with Crippen molar-refractivity contribution in [3.05, 3.63) is 372 Å². The van der Waals surface area contributed by atoms with Gasteiger partial charge in [0.2, 0.25) is 0 Å². The van der Waals surface area contributed by atoms with Crippen LogP contribution in [0.4, 0.5) is 68.5 Å². The first kappa shape index (κ1) is 67.8. The van der Waals surface area contributed by atoms with Gasteiger partial charge < -0.3 is 42.7 Å². The Balaban J connectivity index is 0.000000119. The van der Waals surface area contributed by atoms with Gasteiger partial charge in [0.05, 0.1) is 11.4 Å². The number of anilines is 12. The van der Waals surface area contributed by atoms with Crippen molar-refractivity contribution in [1.82, 2.24) is 9.97 Å². The minimum atomic E-state index is 0. The van der Waals surface area contributed by atoms with E-state index in [2.05, 4.69) is 268 Å². The van der Waals surface area contributed by atoms with Crippen molar-refractivity contribution in [2.45, 2.75) is 0 Å². The van der Waals surface area contributed by atoms with Crippen molar-refractivity contribution < 1.29 is 73.6 Å². The van der Waals surface area contributed by atoms with Crippen molar-refractivity contribution >= 4 is 134 Å². The van der Waals surface area contributed by atoms with E-state index in [0.717, 1.165) is 168 Å². The normalized spacial score (nSPS) is 12.7. The number of hydrogen-bond donors (Lipinski definition) is 0. The Morgan fingerprint density at radius 3 is 0.962 bits per heavy atom. The predicted molar refractivity (Wildman–Crippen MR) is 414 cm³/mol. The molecule has 18 aromatic rings. The molecular weight excluding hydrogens is 1830 g/mol. The predicted octanol–water partition coefficient (Wildman–Crippen LogP) is 24.2. The molecule has 0 N–H and O–H groups in total. The summed E-state index contributed by atoms with van der Waals surface area (Å²) in [4.78, 5) is 22.6. The van der Waals surface area contributed by atoms with Gasteiger partial charge in [-0.1, -0.05) is 158 Å². The molecule has 5 aromatic heterocycles. The second kappa shape index (κ2) is 29.2. The molecule has 13 aromatic carbocycles. The quantitative estimate of drug-likeness (QED) is 0.130. The topological polar surface area (TPSA) is 84.6 Å². The minimum absolute atomic E-state index is 0. The molecule has 0 saturated carbocycles. The number of pyridine rings is 2. The molecule has 0 bridgehead atoms. The number of para-hydroxylation sites is 8. The van der Waals surface area contributed by atoms with Crippen LogP contribution in [0.15, 0.2) is 347 Å². The molecule has 0 amide bonds. The molecule has 11 nitrogen and oxygen atoms in total. The Hall–Kier alpha value is -11.7. The van der Waals surface area contributed by atoms with Crippen LogP contribution in [0, 0.1) is 38.2 Å². The molecule has 0 saturated heterocycles. The van der Waals surface area contributed by atoms with Crippen LogP contribution < -0.4 is 29.4 Å². The van der Waals surface area contributed by atoms with Gasteiger partial charge in [0.15, 0.2) is 0 Å². The number of nitrogens with zero attached hydrogens (tertiary/aromatic N) is 8. The first-order valence-electron chi connectivity index (χ1n) is 33.8. The molecule has 0 unspecified atom stereocenters. The third-order valence-electron chi connectivity index (χ3n) is 19.0. The van der Waals surface area contributed by atoms with Crippen LogP contribution >= 0.6 is 0 Å². The van der Waals surface area contributed by atoms with Gasteiger partial charge in [0, 0.05) is 150 Å². The maximum absolute atomic E-state index is 6.25. The summed E-state index contributed by atoms with van der Waals surface area (Å²) < 4.78 is 18.7. The Kier molecular flexibility index (Phi) is 18.9. The molecule has 3 radical (unpaired) electrons. The van der Waals surface area contributed by atoms with E-state index in [0.29, 0.717) is 0 Å². The van der Waals surface area contributed by atoms with Crippen molar-refractivity contribution in [2.75, 3.05) is 29.4 Å². The summed E-state index contributed by atoms with van der Waals surface area (Å²) in [5, 5.41) is 6.69. The van der Waals surface area contributed by atoms with Gasteiger partial charge in [-0.15, -0.1) is 37.1 Å². The zero-order valence-corrected chi connectivity index (χ0v) is 63.0. The van der Waals surface area contributed by atoms with Crippen molar-refractivity contribution in [2.24, 2.45) is 0 Å². The molecule has 14 heteroatoms. The molecule has 8 heterocycles. The summed E-state index contributed by atoms with van der Waals surface area (Å²) in [5.74, 6) is 1.75. The van der Waals surface area contributed by atoms with Crippen molar-refractivity contribution in [3.63, 3.8) is 0 Å². The van der Waals surface area contributed by atoms with Gasteiger partial charge in [0.25, 0.3) is 0 Å². The van der Waals surface area contributed by atoms with Gasteiger partial charge in [-0.25, -0.2) is 9.97 Å². The zero-order chi connectivity index (χ0) is 67.5. The van der Waals surface area contributed by atoms with E-state index in [-0.39, 0.29) is 60.3 Å². The van der Waals surface area contributed by atoms with Crippen LogP contribution in [0.3, 0.4) is 0 Å². The number of fused-ring (bicyclic) bond motifs is 12. The maximum atomic E-state index is 6.25. The van der Waals surface area contributed by atoms with Crippen LogP contribution in [-0.4, -0.2) is 9.97 Å². The van der Waals surface area contributed by atoms with Crippen LogP contribution in [0.1, 0.15) is 0 Å². The van der Waals surface area contributed by atoms with Gasteiger partial charge in [-0.2, -0.15) is 91.0 Å². The Bertz CT molecular complexity index is 5530. The molecule has 3 aliphatic heterocycles. The summed E-state index contributed by atoms with van der Waals surface area (Å²) in [7, 11) is 0. The average Bonchev–Trinajstić information content (AvgIpc) is 1.59. The number of hydrogen-bond acceptors (Lipinski definition) is 11. The van der Waals surface area contributed by atoms with Crippen molar-refractivity contribution in [3.8, 4) is 33.4 Å². The monoisotopic (exact) mass is 1890 g/mol. The standard InChI is InChI=1S/C31H20N2O.2C30H19N3O.3Ir/c1-3-11-22(12-4-1)30-27(19-20-29-31(30)24-15-7-10-18-28(24)34-29)33-21-32(23-13-5-2-6-14-23)25-16-8-9-17-26(25)33;1-3-10-21(11-4-1)28-24(17-18-27-29(28)23-14-7-8-16-26(23)34-27)33-20-32(22-12-5-2-6-13-22)30-25(33)15-9-19-31-30;1-3-10-21(11-4-1)28-24(17-18-27-29(28)23-14-7-8-16-26(23)34-27)33-20-32(22-12-5-2-6-13-22)25-15-9-19-31-30(25)33;;;/h1-13,15-21H;2*1-12,14-20H;;;/q3*-2;;;. The largest absolute Gasteiger partial charge is 0.493 e. The molecule has 21 rings (SSSR count). The number of aromatic nitrogens is 2. The molecule has 0 fully saturated rings. The summed E-state index contributed by atoms with van der Waals surface area (Å²) in [5.41, 5.74) is 22.6. The van der Waals surface area contributed by atoms with E-state index in [4.69, 9.17) is 23.2 Å². The smallest absolute Gasteiger partial charge is 0.136 e. The fraction of sp³-hybridized carbons (Fsp3) is 0. The molecule has 0 spiro atoms. The van der Waals surface area contributed by atoms with E-state index >= 15 is 0 Å². The van der Waals surface area contributed by atoms with Crippen LogP contribution in [-0.2, 0) is 60.3 Å². The first-order chi connectivity index (χ1) is 50.6. The fourth-order valence-corrected chi connectivity index (χ4v) is 14.5. The number of benzene rings is 13. The third-order valence-corrected chi connectivity index (χ3v) is 19.0. The third kappa shape index (κ3) is 12.1. The Labute approximate surface area is 647 Å². The van der Waals surface area contributed by atoms with E-state index in [1.54, 1.807) is 0 Å². The second-order valence-electron chi connectivity index (χ2n) is 24.9. The van der Waals surface area contributed by atoms with Crippen molar-refractivity contribution in [1.29, 1.82) is 0 Å². The fourth-order valence-electron chi connectivity index (χ4n) is 14.5. The molecular formula is C91H58Ir3N8O3-6. The number of furan rings is 3. The average molecular weight is 1890 g/mol. The summed E-state index contributed by atoms with van der Waals surface area (Å²) in [6.07, 6.45) is 3.67. The van der Waals surface area contributed by atoms with E-state index in [9.17, 15) is 0 Å². The van der Waals surface area contributed by atoms with E-state index in [1.165, 1.54) is 0 Å². The van der Waals surface area contributed by atoms with Crippen LogP contribution in [0.25, 0.3) is 99.2 Å².